The third-order valence-electron chi connectivity index (χ3n) is 1.93. The van der Waals surface area contributed by atoms with Crippen LogP contribution in [0.15, 0.2) is 24.3 Å². The first-order chi connectivity index (χ1) is 7.54. The van der Waals surface area contributed by atoms with Crippen LogP contribution in [0.4, 0.5) is 4.69 Å². The molecule has 0 aliphatic heterocycles. The van der Waals surface area contributed by atoms with Gasteiger partial charge in [-0.25, -0.2) is 0 Å². The van der Waals surface area contributed by atoms with Gasteiger partial charge in [-0.3, -0.25) is 0 Å². The molecule has 1 aromatic heterocycles. The van der Waals surface area contributed by atoms with Gasteiger partial charge in [0.15, 0.2) is 0 Å². The Balaban J connectivity index is 2.05. The van der Waals surface area contributed by atoms with Gasteiger partial charge in [-0.05, 0) is 0 Å². The zero-order chi connectivity index (χ0) is 11.6. The van der Waals surface area contributed by atoms with Gasteiger partial charge in [0.1, 0.15) is 0 Å². The molecule has 0 radical (unpaired) electrons. The van der Waals surface area contributed by atoms with Gasteiger partial charge in [-0.1, -0.05) is 0 Å². The second-order valence-corrected chi connectivity index (χ2v) is 6.93. The van der Waals surface area contributed by atoms with E-state index in [-0.39, 0.29) is 26.8 Å². The van der Waals surface area contributed by atoms with Crippen molar-refractivity contribution >= 4 is 39.1 Å². The van der Waals surface area contributed by atoms with Gasteiger partial charge >= 0.3 is 98.9 Å². The first kappa shape index (κ1) is 11.6. The summed E-state index contributed by atoms with van der Waals surface area (Å²) in [4.78, 5) is 4.33. The van der Waals surface area contributed by atoms with E-state index in [0.29, 0.717) is 0 Å². The minimum atomic E-state index is -3.89. The van der Waals surface area contributed by atoms with Crippen molar-refractivity contribution in [2.45, 2.75) is 0 Å². The summed E-state index contributed by atoms with van der Waals surface area (Å²) in [5, 5.41) is 2.92. The van der Waals surface area contributed by atoms with Gasteiger partial charge in [0.2, 0.25) is 0 Å². The number of nitrogens with one attached hydrogen (secondary N) is 1. The molecule has 0 aliphatic carbocycles. The molecule has 0 fully saturated rings. The SMILES string of the molecule is O=S(=O)(O)CCNc1nc2ccccc2[se]1. The number of aromatic nitrogens is 1. The van der Waals surface area contributed by atoms with Crippen LogP contribution in [0, 0.1) is 0 Å². The molecule has 86 valence electrons. The Morgan fingerprint density at radius 1 is 1.38 bits per heavy atom. The van der Waals surface area contributed by atoms with E-state index in [0.717, 1.165) is 10.2 Å². The molecule has 0 bridgehead atoms. The molecule has 0 saturated carbocycles. The Labute approximate surface area is 99.0 Å². The van der Waals surface area contributed by atoms with Crippen molar-refractivity contribution in [1.82, 2.24) is 4.98 Å². The molecule has 2 rings (SSSR count). The quantitative estimate of drug-likeness (QED) is 0.638. The zero-order valence-electron chi connectivity index (χ0n) is 8.25. The normalized spacial score (nSPS) is 11.8. The molecule has 1 aromatic carbocycles. The fourth-order valence-corrected chi connectivity index (χ4v) is 3.46. The summed E-state index contributed by atoms with van der Waals surface area (Å²) < 4.78 is 31.6. The first-order valence-corrected chi connectivity index (χ1v) is 7.91. The van der Waals surface area contributed by atoms with Crippen LogP contribution in [0.5, 0.6) is 0 Å². The average molecular weight is 305 g/mol. The molecular weight excluding hydrogens is 295 g/mol. The maximum atomic E-state index is 10.5. The number of nitrogens with zero attached hydrogens (tertiary/aromatic N) is 1. The van der Waals surface area contributed by atoms with Crippen molar-refractivity contribution in [1.29, 1.82) is 0 Å². The van der Waals surface area contributed by atoms with Crippen LogP contribution in [0.3, 0.4) is 0 Å². The van der Waals surface area contributed by atoms with Crippen LogP contribution < -0.4 is 5.32 Å². The number of hydrogen-bond donors (Lipinski definition) is 2. The maximum absolute atomic E-state index is 10.5. The fraction of sp³-hybridized carbons (Fsp3) is 0.222. The minimum absolute atomic E-state index is 0.107. The summed E-state index contributed by atoms with van der Waals surface area (Å²) in [7, 11) is -3.89. The molecule has 2 aromatic rings. The van der Waals surface area contributed by atoms with Crippen LogP contribution >= 0.6 is 0 Å². The van der Waals surface area contributed by atoms with Crippen LogP contribution in [-0.4, -0.2) is 44.8 Å². The predicted molar refractivity (Wildman–Crippen MR) is 63.6 cm³/mol. The van der Waals surface area contributed by atoms with Crippen LogP contribution in [-0.2, 0) is 10.1 Å². The van der Waals surface area contributed by atoms with E-state index in [4.69, 9.17) is 4.55 Å². The van der Waals surface area contributed by atoms with Crippen molar-refractivity contribution in [3.8, 4) is 0 Å². The third kappa shape index (κ3) is 3.05. The number of para-hydroxylation sites is 1. The Morgan fingerprint density at radius 3 is 2.81 bits per heavy atom. The summed E-state index contributed by atoms with van der Waals surface area (Å²) in [6.45, 7) is 0.188. The molecule has 16 heavy (non-hydrogen) atoms. The van der Waals surface area contributed by atoms with E-state index in [1.165, 1.54) is 4.26 Å². The van der Waals surface area contributed by atoms with Crippen molar-refractivity contribution in [3.63, 3.8) is 0 Å². The van der Waals surface area contributed by atoms with E-state index in [9.17, 15) is 8.42 Å². The molecular formula is C9H10N2O3SSe. The van der Waals surface area contributed by atoms with Gasteiger partial charge in [-0.2, -0.15) is 0 Å². The van der Waals surface area contributed by atoms with Crippen LogP contribution in [0.25, 0.3) is 9.78 Å². The summed E-state index contributed by atoms with van der Waals surface area (Å²) in [6, 6.07) is 7.81. The Bertz CT molecular complexity index is 561. The van der Waals surface area contributed by atoms with Crippen molar-refractivity contribution in [2.75, 3.05) is 17.6 Å². The second-order valence-electron chi connectivity index (χ2n) is 3.20. The van der Waals surface area contributed by atoms with E-state index >= 15 is 0 Å². The third-order valence-corrected chi connectivity index (χ3v) is 4.74. The predicted octanol–water partition coefficient (Wildman–Crippen LogP) is 0.591. The summed E-state index contributed by atoms with van der Waals surface area (Å²) in [5.74, 6) is -0.293. The van der Waals surface area contributed by atoms with E-state index < -0.39 is 10.1 Å². The van der Waals surface area contributed by atoms with E-state index in [2.05, 4.69) is 10.3 Å². The van der Waals surface area contributed by atoms with Crippen molar-refractivity contribution in [3.05, 3.63) is 24.3 Å². The molecule has 0 saturated heterocycles. The van der Waals surface area contributed by atoms with Crippen LogP contribution in [0.2, 0.25) is 0 Å². The second kappa shape index (κ2) is 4.55. The number of anilines is 1. The Morgan fingerprint density at radius 2 is 2.12 bits per heavy atom. The molecule has 0 aliphatic rings. The van der Waals surface area contributed by atoms with Gasteiger partial charge in [0, 0.05) is 0 Å². The first-order valence-electron chi connectivity index (χ1n) is 4.59. The molecule has 0 unspecified atom stereocenters. The molecule has 5 nitrogen and oxygen atoms in total. The molecule has 7 heteroatoms. The van der Waals surface area contributed by atoms with Crippen LogP contribution in [0.1, 0.15) is 0 Å². The summed E-state index contributed by atoms with van der Waals surface area (Å²) in [5.41, 5.74) is 0.942. The monoisotopic (exact) mass is 306 g/mol. The molecule has 0 atom stereocenters. The molecule has 1 heterocycles. The van der Waals surface area contributed by atoms with E-state index in [1.54, 1.807) is 0 Å². The number of benzene rings is 1. The van der Waals surface area contributed by atoms with Gasteiger partial charge in [-0.15, -0.1) is 0 Å². The standard InChI is InChI=1S/C9H10N2O3SSe/c12-15(13,14)6-5-10-9-11-7-3-1-2-4-8(7)16-9/h1-4H,5-6H2,(H,10,11)(H,12,13,14). The van der Waals surface area contributed by atoms with Crippen molar-refractivity contribution < 1.29 is 13.0 Å². The summed E-state index contributed by atoms with van der Waals surface area (Å²) in [6.07, 6.45) is 0. The fourth-order valence-electron chi connectivity index (χ4n) is 1.23. The molecule has 0 amide bonds. The number of hydrogen-bond acceptors (Lipinski definition) is 4. The van der Waals surface area contributed by atoms with E-state index in [1.807, 2.05) is 24.3 Å². The Hall–Kier alpha value is -0.881. The Kier molecular flexibility index (Phi) is 3.30. The zero-order valence-corrected chi connectivity index (χ0v) is 10.8. The average Bonchev–Trinajstić information content (AvgIpc) is 2.57. The van der Waals surface area contributed by atoms with Crippen molar-refractivity contribution in [2.24, 2.45) is 0 Å². The van der Waals surface area contributed by atoms with Gasteiger partial charge < -0.3 is 0 Å². The molecule has 0 spiro atoms. The number of fused-ring (bicyclic) bond motifs is 1. The topological polar surface area (TPSA) is 79.3 Å². The van der Waals surface area contributed by atoms with Gasteiger partial charge in [0.25, 0.3) is 0 Å². The molecule has 2 N–H and O–H groups in total. The van der Waals surface area contributed by atoms with Gasteiger partial charge in [0.05, 0.1) is 0 Å². The summed E-state index contributed by atoms with van der Waals surface area (Å²) >= 11 is 0.107. The number of rotatable bonds is 4.